The van der Waals surface area contributed by atoms with Gasteiger partial charge in [-0.05, 0) is 28.8 Å². The van der Waals surface area contributed by atoms with Gasteiger partial charge in [-0.15, -0.1) is 0 Å². The van der Waals surface area contributed by atoms with E-state index in [0.717, 1.165) is 16.7 Å². The molecule has 4 atom stereocenters. The predicted octanol–water partition coefficient (Wildman–Crippen LogP) is 6.61. The predicted molar refractivity (Wildman–Crippen MR) is 166 cm³/mol. The van der Waals surface area contributed by atoms with Crippen LogP contribution in [0.2, 0.25) is 0 Å². The Labute approximate surface area is 261 Å². The van der Waals surface area contributed by atoms with Gasteiger partial charge in [0.2, 0.25) is 5.88 Å². The fraction of sp³-hybridized carbons (Fsp3) is 0.278. The van der Waals surface area contributed by atoms with E-state index in [2.05, 4.69) is 9.97 Å². The standard InChI is InChI=1S/C36H35FN2O6/c1-40-35-28-18-29(37)27(19-30(28)38-36(39-35)41-2)32-34(44-22-26-16-10-5-11-17-26)33(43-21-25-14-8-4-9-15-25)31(45-32)23-42-20-24-12-6-3-7-13-24/h3-19,31-34H,20-23H2,1-2H3/t31-,32?,33-,34+/m1/s1. The summed E-state index contributed by atoms with van der Waals surface area (Å²) in [5.41, 5.74) is 3.74. The zero-order valence-corrected chi connectivity index (χ0v) is 25.2. The fourth-order valence-electron chi connectivity index (χ4n) is 5.48. The SMILES string of the molecule is COc1nc(OC)c2cc(F)c(C3O[C@H](COCc4ccccc4)[C@@H](OCc4ccccc4)[C@H]3OCc3ccccc3)cc2n1. The lowest BCUT2D eigenvalue weighted by molar-refractivity contribution is -0.0898. The average molecular weight is 611 g/mol. The third-order valence-electron chi connectivity index (χ3n) is 7.72. The molecule has 1 saturated heterocycles. The van der Waals surface area contributed by atoms with E-state index < -0.39 is 30.2 Å². The fourth-order valence-corrected chi connectivity index (χ4v) is 5.48. The molecule has 2 heterocycles. The van der Waals surface area contributed by atoms with Crippen LogP contribution in [-0.4, -0.2) is 49.1 Å². The van der Waals surface area contributed by atoms with Crippen LogP contribution in [0.15, 0.2) is 103 Å². The highest BCUT2D eigenvalue weighted by atomic mass is 19.1. The highest BCUT2D eigenvalue weighted by Crippen LogP contribution is 2.41. The summed E-state index contributed by atoms with van der Waals surface area (Å²) < 4.78 is 52.5. The van der Waals surface area contributed by atoms with E-state index in [4.69, 9.17) is 28.4 Å². The van der Waals surface area contributed by atoms with E-state index >= 15 is 4.39 Å². The number of rotatable bonds is 13. The number of benzene rings is 4. The first-order valence-electron chi connectivity index (χ1n) is 14.8. The van der Waals surface area contributed by atoms with E-state index in [1.165, 1.54) is 20.3 Å². The number of fused-ring (bicyclic) bond motifs is 1. The van der Waals surface area contributed by atoms with Crippen LogP contribution < -0.4 is 9.47 Å². The van der Waals surface area contributed by atoms with Gasteiger partial charge in [-0.2, -0.15) is 9.97 Å². The summed E-state index contributed by atoms with van der Waals surface area (Å²) in [5.74, 6) is -0.289. The molecule has 0 N–H and O–H groups in total. The zero-order chi connectivity index (χ0) is 31.0. The van der Waals surface area contributed by atoms with Crippen molar-refractivity contribution in [2.75, 3.05) is 20.8 Å². The summed E-state index contributed by atoms with van der Waals surface area (Å²) in [5, 5.41) is 0.416. The normalized spacial score (nSPS) is 19.5. The van der Waals surface area contributed by atoms with Gasteiger partial charge in [0.15, 0.2) is 0 Å². The molecular formula is C36H35FN2O6. The molecule has 8 nitrogen and oxygen atoms in total. The van der Waals surface area contributed by atoms with Crippen molar-refractivity contribution in [2.45, 2.75) is 44.2 Å². The van der Waals surface area contributed by atoms with Crippen molar-refractivity contribution in [1.29, 1.82) is 0 Å². The van der Waals surface area contributed by atoms with E-state index in [1.54, 1.807) is 6.07 Å². The Morgan fingerprint density at radius 1 is 0.689 bits per heavy atom. The van der Waals surface area contributed by atoms with Crippen LogP contribution in [0.1, 0.15) is 28.4 Å². The molecule has 1 aromatic heterocycles. The molecule has 5 aromatic rings. The van der Waals surface area contributed by atoms with Crippen molar-refractivity contribution in [3.63, 3.8) is 0 Å². The molecule has 4 aromatic carbocycles. The highest BCUT2D eigenvalue weighted by molar-refractivity contribution is 5.84. The van der Waals surface area contributed by atoms with Crippen LogP contribution in [-0.2, 0) is 38.8 Å². The molecule has 9 heteroatoms. The third kappa shape index (κ3) is 7.29. The smallest absolute Gasteiger partial charge is 0.320 e. The summed E-state index contributed by atoms with van der Waals surface area (Å²) in [6, 6.07) is 32.7. The van der Waals surface area contributed by atoms with Gasteiger partial charge in [-0.3, -0.25) is 0 Å². The van der Waals surface area contributed by atoms with Gasteiger partial charge in [-0.25, -0.2) is 4.39 Å². The molecule has 1 unspecified atom stereocenters. The number of ether oxygens (including phenoxy) is 6. The molecule has 0 bridgehead atoms. The van der Waals surface area contributed by atoms with Crippen LogP contribution in [0.25, 0.3) is 10.9 Å². The third-order valence-corrected chi connectivity index (χ3v) is 7.72. The molecule has 6 rings (SSSR count). The lowest BCUT2D eigenvalue weighted by Gasteiger charge is -2.25. The molecule has 1 fully saturated rings. The summed E-state index contributed by atoms with van der Waals surface area (Å²) in [6.07, 6.45) is -2.61. The van der Waals surface area contributed by atoms with Crippen molar-refractivity contribution in [2.24, 2.45) is 0 Å². The van der Waals surface area contributed by atoms with Crippen molar-refractivity contribution < 1.29 is 32.8 Å². The van der Waals surface area contributed by atoms with Crippen LogP contribution in [0.4, 0.5) is 4.39 Å². The zero-order valence-electron chi connectivity index (χ0n) is 25.2. The lowest BCUT2D eigenvalue weighted by atomic mass is 9.99. The van der Waals surface area contributed by atoms with E-state index in [-0.39, 0.29) is 30.7 Å². The summed E-state index contributed by atoms with van der Waals surface area (Å²) >= 11 is 0. The maximum absolute atomic E-state index is 16.0. The van der Waals surface area contributed by atoms with Gasteiger partial charge >= 0.3 is 6.01 Å². The largest absolute Gasteiger partial charge is 0.480 e. The second-order valence-electron chi connectivity index (χ2n) is 10.7. The van der Waals surface area contributed by atoms with Crippen molar-refractivity contribution >= 4 is 10.9 Å². The first-order chi connectivity index (χ1) is 22.1. The lowest BCUT2D eigenvalue weighted by Crippen LogP contribution is -2.38. The molecule has 232 valence electrons. The van der Waals surface area contributed by atoms with Gasteiger partial charge in [0.1, 0.15) is 30.2 Å². The van der Waals surface area contributed by atoms with Crippen LogP contribution in [0, 0.1) is 5.82 Å². The number of halogens is 1. The van der Waals surface area contributed by atoms with Crippen molar-refractivity contribution in [3.05, 3.63) is 131 Å². The maximum atomic E-state index is 16.0. The summed E-state index contributed by atoms with van der Waals surface area (Å²) in [6.45, 7) is 1.22. The first kappa shape index (κ1) is 30.6. The molecule has 0 aliphatic carbocycles. The molecule has 0 spiro atoms. The second-order valence-corrected chi connectivity index (χ2v) is 10.7. The van der Waals surface area contributed by atoms with E-state index in [0.29, 0.717) is 24.1 Å². The Bertz CT molecular complexity index is 1680. The van der Waals surface area contributed by atoms with Gasteiger partial charge in [0, 0.05) is 5.56 Å². The van der Waals surface area contributed by atoms with E-state index in [9.17, 15) is 0 Å². The molecule has 45 heavy (non-hydrogen) atoms. The van der Waals surface area contributed by atoms with Gasteiger partial charge in [0.25, 0.3) is 0 Å². The summed E-state index contributed by atoms with van der Waals surface area (Å²) in [7, 11) is 2.93. The molecule has 0 saturated carbocycles. The van der Waals surface area contributed by atoms with Crippen molar-refractivity contribution in [3.8, 4) is 11.9 Å². The van der Waals surface area contributed by atoms with Gasteiger partial charge in [-0.1, -0.05) is 91.0 Å². The highest BCUT2D eigenvalue weighted by Gasteiger charge is 2.48. The second kappa shape index (κ2) is 14.6. The minimum atomic E-state index is -0.823. The molecule has 1 aliphatic rings. The van der Waals surface area contributed by atoms with Gasteiger partial charge in [0.05, 0.1) is 51.6 Å². The molecular weight excluding hydrogens is 575 g/mol. The topological polar surface area (TPSA) is 81.2 Å². The number of nitrogens with zero attached hydrogens (tertiary/aromatic N) is 2. The Hall–Kier alpha value is -4.41. The molecule has 1 aliphatic heterocycles. The van der Waals surface area contributed by atoms with E-state index in [1.807, 2.05) is 91.0 Å². The van der Waals surface area contributed by atoms with Crippen LogP contribution in [0.5, 0.6) is 11.9 Å². The Kier molecular flexibility index (Phi) is 9.92. The minimum absolute atomic E-state index is 0.109. The quantitative estimate of drug-likeness (QED) is 0.147. The molecule has 0 radical (unpaired) electrons. The number of hydrogen-bond donors (Lipinski definition) is 0. The van der Waals surface area contributed by atoms with Crippen molar-refractivity contribution in [1.82, 2.24) is 9.97 Å². The number of hydrogen-bond acceptors (Lipinski definition) is 8. The number of aromatic nitrogens is 2. The number of methoxy groups -OCH3 is 2. The monoisotopic (exact) mass is 610 g/mol. The summed E-state index contributed by atoms with van der Waals surface area (Å²) in [4.78, 5) is 8.66. The maximum Gasteiger partial charge on any atom is 0.320 e. The first-order valence-corrected chi connectivity index (χ1v) is 14.8. The van der Waals surface area contributed by atoms with Gasteiger partial charge < -0.3 is 28.4 Å². The van der Waals surface area contributed by atoms with Crippen LogP contribution in [0.3, 0.4) is 0 Å². The Balaban J connectivity index is 1.35. The average Bonchev–Trinajstić information content (AvgIpc) is 3.43. The van der Waals surface area contributed by atoms with Crippen LogP contribution >= 0.6 is 0 Å². The minimum Gasteiger partial charge on any atom is -0.480 e. The Morgan fingerprint density at radius 3 is 1.84 bits per heavy atom. The molecule has 0 amide bonds. The Morgan fingerprint density at radius 2 is 1.27 bits per heavy atom.